The van der Waals surface area contributed by atoms with Crippen molar-refractivity contribution in [1.29, 1.82) is 0 Å². The number of aromatic nitrogens is 2. The zero-order valence-corrected chi connectivity index (χ0v) is 19.8. The van der Waals surface area contributed by atoms with E-state index in [1.54, 1.807) is 11.0 Å². The Balaban J connectivity index is 1.11. The smallest absolute Gasteiger partial charge is 0.410 e. The van der Waals surface area contributed by atoms with Gasteiger partial charge in [0.25, 0.3) is 5.91 Å². The molecule has 2 aromatic rings. The van der Waals surface area contributed by atoms with Crippen molar-refractivity contribution in [1.82, 2.24) is 15.1 Å². The fourth-order valence-corrected chi connectivity index (χ4v) is 5.04. The second kappa shape index (κ2) is 10.1. The predicted octanol–water partition coefficient (Wildman–Crippen LogP) is 2.20. The number of carbonyl (C=O) groups is 3. The number of hydrogen-bond acceptors (Lipinski definition) is 9. The third kappa shape index (κ3) is 4.94. The minimum atomic E-state index is -0.491. The second-order valence-corrected chi connectivity index (χ2v) is 9.23. The molecule has 2 amide bonds. The standard InChI is InChI=1S/C24H28N4O8/c1-33-16-6-20(30)18(10-29)21(7-16)35-12-23(31)25-22-8-19(26-27-22)13-2-3-15(4-13)36-24(32)28-9-17-5-14(28)11-34-17/h6-8,10,13-15,17,30H,2-5,9,11-12H2,1H3,(H2,25,26,27,31)/t13-,14+,15+,17+/m0/s1. The van der Waals surface area contributed by atoms with Crippen LogP contribution in [0.1, 0.15) is 47.7 Å². The Morgan fingerprint density at radius 3 is 2.89 bits per heavy atom. The molecule has 1 aromatic carbocycles. The van der Waals surface area contributed by atoms with E-state index in [0.717, 1.165) is 25.0 Å². The topological polar surface area (TPSA) is 152 Å². The van der Waals surface area contributed by atoms with Crippen molar-refractivity contribution in [3.8, 4) is 17.2 Å². The summed E-state index contributed by atoms with van der Waals surface area (Å²) in [5.74, 6) is -0.0248. The number of nitrogens with one attached hydrogen (secondary N) is 2. The minimum Gasteiger partial charge on any atom is -0.507 e. The lowest BCUT2D eigenvalue weighted by Crippen LogP contribution is -2.42. The van der Waals surface area contributed by atoms with Crippen molar-refractivity contribution >= 4 is 24.1 Å². The van der Waals surface area contributed by atoms with Crippen molar-refractivity contribution in [2.45, 2.75) is 49.9 Å². The Hall–Kier alpha value is -3.80. The molecule has 12 nitrogen and oxygen atoms in total. The third-order valence-corrected chi connectivity index (χ3v) is 6.90. The summed E-state index contributed by atoms with van der Waals surface area (Å²) in [7, 11) is 1.41. The number of fused-ring (bicyclic) bond motifs is 2. The maximum atomic E-state index is 12.5. The molecule has 12 heteroatoms. The molecule has 1 aliphatic carbocycles. The third-order valence-electron chi connectivity index (χ3n) is 6.90. The molecule has 5 rings (SSSR count). The molecule has 1 aromatic heterocycles. The molecule has 2 aliphatic heterocycles. The number of phenolic OH excluding ortho intramolecular Hbond substituents is 1. The van der Waals surface area contributed by atoms with Gasteiger partial charge in [0.05, 0.1) is 38.0 Å². The van der Waals surface area contributed by atoms with Crippen LogP contribution < -0.4 is 14.8 Å². The van der Waals surface area contributed by atoms with Gasteiger partial charge in [0.15, 0.2) is 18.7 Å². The fraction of sp³-hybridized carbons (Fsp3) is 0.500. The van der Waals surface area contributed by atoms with Crippen molar-refractivity contribution in [3.05, 3.63) is 29.5 Å². The summed E-state index contributed by atoms with van der Waals surface area (Å²) < 4.78 is 21.8. The molecule has 0 spiro atoms. The van der Waals surface area contributed by atoms with Crippen LogP contribution in [0, 0.1) is 0 Å². The van der Waals surface area contributed by atoms with Crippen LogP contribution in [-0.4, -0.2) is 83.6 Å². The van der Waals surface area contributed by atoms with E-state index >= 15 is 0 Å². The van der Waals surface area contributed by atoms with Gasteiger partial charge >= 0.3 is 6.09 Å². The second-order valence-electron chi connectivity index (χ2n) is 9.23. The van der Waals surface area contributed by atoms with Crippen molar-refractivity contribution in [2.75, 3.05) is 32.2 Å². The van der Waals surface area contributed by atoms with Crippen LogP contribution in [0.15, 0.2) is 18.2 Å². The average molecular weight is 501 g/mol. The number of methoxy groups -OCH3 is 1. The van der Waals surface area contributed by atoms with Crippen molar-refractivity contribution < 1.29 is 38.4 Å². The first-order chi connectivity index (χ1) is 17.4. The van der Waals surface area contributed by atoms with Crippen LogP contribution in [0.3, 0.4) is 0 Å². The number of morpholine rings is 1. The van der Waals surface area contributed by atoms with Crippen LogP contribution in [0.25, 0.3) is 0 Å². The van der Waals surface area contributed by atoms with Crippen LogP contribution >= 0.6 is 0 Å². The van der Waals surface area contributed by atoms with E-state index in [-0.39, 0.29) is 53.1 Å². The molecule has 0 radical (unpaired) electrons. The predicted molar refractivity (Wildman–Crippen MR) is 124 cm³/mol. The number of amides is 2. The van der Waals surface area contributed by atoms with Crippen LogP contribution in [0.2, 0.25) is 0 Å². The van der Waals surface area contributed by atoms with Gasteiger partial charge in [-0.05, 0) is 25.7 Å². The number of aldehydes is 1. The number of aromatic hydroxyl groups is 1. The van der Waals surface area contributed by atoms with Gasteiger partial charge < -0.3 is 34.3 Å². The van der Waals surface area contributed by atoms with Crippen LogP contribution in [0.5, 0.6) is 17.2 Å². The lowest BCUT2D eigenvalue weighted by molar-refractivity contribution is -0.118. The van der Waals surface area contributed by atoms with E-state index in [2.05, 4.69) is 15.5 Å². The quantitative estimate of drug-likeness (QED) is 0.463. The lowest BCUT2D eigenvalue weighted by Gasteiger charge is -2.27. The fourth-order valence-electron chi connectivity index (χ4n) is 5.04. The first-order valence-corrected chi connectivity index (χ1v) is 11.9. The van der Waals surface area contributed by atoms with Gasteiger partial charge in [-0.15, -0.1) is 0 Å². The minimum absolute atomic E-state index is 0.0283. The highest BCUT2D eigenvalue weighted by Crippen LogP contribution is 2.37. The number of nitrogens with zero attached hydrogens (tertiary/aromatic N) is 2. The SMILES string of the molecule is COc1cc(O)c(C=O)c(OCC(=O)Nc2cc([C@H]3CC[C@@H](OC(=O)N4C[C@H]5C[C@@H]4CO5)C3)[nH]n2)c1. The highest BCUT2D eigenvalue weighted by Gasteiger charge is 2.43. The molecule has 4 atom stereocenters. The largest absolute Gasteiger partial charge is 0.507 e. The van der Waals surface area contributed by atoms with Gasteiger partial charge in [-0.25, -0.2) is 4.79 Å². The number of anilines is 1. The van der Waals surface area contributed by atoms with Gasteiger partial charge in [-0.1, -0.05) is 0 Å². The molecule has 3 aliphatic rings. The number of benzene rings is 1. The van der Waals surface area contributed by atoms with Gasteiger partial charge in [0.2, 0.25) is 0 Å². The molecule has 2 saturated heterocycles. The van der Waals surface area contributed by atoms with E-state index < -0.39 is 12.5 Å². The Bertz CT molecular complexity index is 1150. The Morgan fingerprint density at radius 1 is 1.31 bits per heavy atom. The van der Waals surface area contributed by atoms with E-state index in [4.69, 9.17) is 18.9 Å². The van der Waals surface area contributed by atoms with Gasteiger partial charge in [-0.3, -0.25) is 14.7 Å². The number of ether oxygens (including phenoxy) is 4. The molecule has 2 bridgehead atoms. The Morgan fingerprint density at radius 2 is 2.17 bits per heavy atom. The van der Waals surface area contributed by atoms with Crippen molar-refractivity contribution in [2.24, 2.45) is 0 Å². The molecule has 1 saturated carbocycles. The van der Waals surface area contributed by atoms with E-state index in [0.29, 0.717) is 31.7 Å². The highest BCUT2D eigenvalue weighted by molar-refractivity contribution is 5.91. The van der Waals surface area contributed by atoms with Crippen molar-refractivity contribution in [3.63, 3.8) is 0 Å². The number of phenols is 1. The monoisotopic (exact) mass is 500 g/mol. The summed E-state index contributed by atoms with van der Waals surface area (Å²) in [4.78, 5) is 37.9. The molecule has 192 valence electrons. The van der Waals surface area contributed by atoms with Crippen LogP contribution in [-0.2, 0) is 14.3 Å². The number of H-pyrrole nitrogens is 1. The van der Waals surface area contributed by atoms with E-state index in [9.17, 15) is 19.5 Å². The van der Waals surface area contributed by atoms with E-state index in [1.807, 2.05) is 0 Å². The summed E-state index contributed by atoms with van der Waals surface area (Å²) in [6.45, 7) is 0.782. The first-order valence-electron chi connectivity index (χ1n) is 11.9. The molecular formula is C24H28N4O8. The number of likely N-dealkylation sites (tertiary alicyclic amines) is 1. The van der Waals surface area contributed by atoms with Gasteiger partial charge in [0.1, 0.15) is 23.4 Å². The Kier molecular flexibility index (Phi) is 6.68. The summed E-state index contributed by atoms with van der Waals surface area (Å²) in [5.41, 5.74) is 0.770. The molecule has 0 unspecified atom stereocenters. The molecule has 3 heterocycles. The summed E-state index contributed by atoms with van der Waals surface area (Å²) in [6, 6.07) is 4.57. The number of hydrogen-bond donors (Lipinski definition) is 3. The Labute approximate surface area is 206 Å². The average Bonchev–Trinajstić information content (AvgIpc) is 3.67. The number of rotatable bonds is 8. The summed E-state index contributed by atoms with van der Waals surface area (Å²) in [6.07, 6.45) is 3.30. The zero-order chi connectivity index (χ0) is 25.2. The van der Waals surface area contributed by atoms with Gasteiger partial charge in [-0.2, -0.15) is 5.10 Å². The number of aromatic amines is 1. The molecule has 36 heavy (non-hydrogen) atoms. The zero-order valence-electron chi connectivity index (χ0n) is 19.8. The highest BCUT2D eigenvalue weighted by atomic mass is 16.6. The van der Waals surface area contributed by atoms with Gasteiger partial charge in [0, 0.05) is 29.8 Å². The lowest BCUT2D eigenvalue weighted by atomic mass is 10.0. The maximum absolute atomic E-state index is 12.5. The number of carbonyl (C=O) groups excluding carboxylic acids is 3. The van der Waals surface area contributed by atoms with Crippen LogP contribution in [0.4, 0.5) is 10.6 Å². The maximum Gasteiger partial charge on any atom is 0.410 e. The molecular weight excluding hydrogens is 472 g/mol. The first kappa shape index (κ1) is 23.9. The molecule has 3 fully saturated rings. The normalized spacial score (nSPS) is 24.5. The van der Waals surface area contributed by atoms with E-state index in [1.165, 1.54) is 19.2 Å². The summed E-state index contributed by atoms with van der Waals surface area (Å²) in [5, 5.41) is 19.7. The summed E-state index contributed by atoms with van der Waals surface area (Å²) >= 11 is 0. The molecule has 3 N–H and O–H groups in total.